The van der Waals surface area contributed by atoms with E-state index in [0.29, 0.717) is 17.8 Å². The highest BCUT2D eigenvalue weighted by Gasteiger charge is 2.45. The Balaban J connectivity index is 1.66. The molecule has 0 aromatic heterocycles. The van der Waals surface area contributed by atoms with Crippen LogP contribution in [-0.4, -0.2) is 58.6 Å². The first kappa shape index (κ1) is 21.6. The van der Waals surface area contributed by atoms with Crippen molar-refractivity contribution in [1.29, 1.82) is 0 Å². The van der Waals surface area contributed by atoms with E-state index < -0.39 is 41.7 Å². The van der Waals surface area contributed by atoms with Gasteiger partial charge in [0.05, 0.1) is 5.56 Å². The molecule has 2 aliphatic rings. The van der Waals surface area contributed by atoms with Crippen LogP contribution in [0.1, 0.15) is 55.8 Å². The highest BCUT2D eigenvalue weighted by atomic mass is 16.6. The normalized spacial score (nSPS) is 21.2. The molecule has 10 heteroatoms. The van der Waals surface area contributed by atoms with Crippen LogP contribution in [0.2, 0.25) is 0 Å². The Hall–Kier alpha value is -3.14. The third-order valence-corrected chi connectivity index (χ3v) is 4.74. The van der Waals surface area contributed by atoms with Crippen LogP contribution >= 0.6 is 0 Å². The van der Waals surface area contributed by atoms with Crippen LogP contribution in [0.5, 0.6) is 0 Å². The number of hydrogen-bond donors (Lipinski definition) is 4. The number of carbonyl (C=O) groups excluding carboxylic acids is 4. The molecule has 0 spiro atoms. The summed E-state index contributed by atoms with van der Waals surface area (Å²) < 4.78 is 5.16. The van der Waals surface area contributed by atoms with Gasteiger partial charge in [0.25, 0.3) is 5.91 Å². The number of ether oxygens (including phenoxy) is 1. The summed E-state index contributed by atoms with van der Waals surface area (Å²) in [7, 11) is 0. The molecule has 2 unspecified atom stereocenters. The highest BCUT2D eigenvalue weighted by Crippen LogP contribution is 2.38. The van der Waals surface area contributed by atoms with E-state index in [4.69, 9.17) is 4.74 Å². The molecule has 1 fully saturated rings. The quantitative estimate of drug-likeness (QED) is 0.411. The lowest BCUT2D eigenvalue weighted by molar-refractivity contribution is -0.139. The largest absolute Gasteiger partial charge is 0.444 e. The molecule has 162 valence electrons. The fraction of sp³-hybridized carbons (Fsp3) is 0.500. The van der Waals surface area contributed by atoms with Crippen molar-refractivity contribution in [1.82, 2.24) is 15.5 Å². The van der Waals surface area contributed by atoms with Gasteiger partial charge >= 0.3 is 6.09 Å². The van der Waals surface area contributed by atoms with Gasteiger partial charge in [-0.25, -0.2) is 4.79 Å². The van der Waals surface area contributed by atoms with Gasteiger partial charge < -0.3 is 20.5 Å². The molecule has 4 N–H and O–H groups in total. The molecule has 3 rings (SSSR count). The summed E-state index contributed by atoms with van der Waals surface area (Å²) in [5.41, 5.74) is 0.541. The van der Waals surface area contributed by atoms with Gasteiger partial charge in [0, 0.05) is 30.8 Å². The van der Waals surface area contributed by atoms with E-state index in [-0.39, 0.29) is 24.9 Å². The summed E-state index contributed by atoms with van der Waals surface area (Å²) in [5, 5.41) is 18.6. The molecule has 0 radical (unpaired) electrons. The molecule has 0 saturated carbocycles. The SMILES string of the molecule is CC(C)(C)OC(=O)NCCNc1cccc2c1C(=O)N(C1CCC(=O)NC1=O)C2O. The second-order valence-electron chi connectivity index (χ2n) is 8.18. The molecule has 1 aromatic rings. The maximum Gasteiger partial charge on any atom is 0.407 e. The highest BCUT2D eigenvalue weighted by molar-refractivity contribution is 6.08. The van der Waals surface area contributed by atoms with Gasteiger partial charge in [-0.05, 0) is 33.3 Å². The number of piperidine rings is 1. The Kier molecular flexibility index (Phi) is 5.97. The minimum absolute atomic E-state index is 0.102. The monoisotopic (exact) mass is 418 g/mol. The number of carbonyl (C=O) groups is 4. The lowest BCUT2D eigenvalue weighted by Gasteiger charge is -2.31. The molecule has 10 nitrogen and oxygen atoms in total. The molecule has 1 aromatic carbocycles. The van der Waals surface area contributed by atoms with E-state index in [1.54, 1.807) is 39.0 Å². The Labute approximate surface area is 173 Å². The van der Waals surface area contributed by atoms with Crippen molar-refractivity contribution in [3.63, 3.8) is 0 Å². The number of benzene rings is 1. The Morgan fingerprint density at radius 3 is 2.67 bits per heavy atom. The van der Waals surface area contributed by atoms with E-state index in [1.807, 2.05) is 0 Å². The maximum atomic E-state index is 13.0. The van der Waals surface area contributed by atoms with Crippen LogP contribution < -0.4 is 16.0 Å². The lowest BCUT2D eigenvalue weighted by Crippen LogP contribution is -2.53. The number of amides is 4. The van der Waals surface area contributed by atoms with Crippen LogP contribution in [0.15, 0.2) is 18.2 Å². The predicted molar refractivity (Wildman–Crippen MR) is 106 cm³/mol. The van der Waals surface area contributed by atoms with Crippen LogP contribution in [0, 0.1) is 0 Å². The van der Waals surface area contributed by atoms with Gasteiger partial charge in [0.2, 0.25) is 11.8 Å². The zero-order valence-corrected chi connectivity index (χ0v) is 17.2. The van der Waals surface area contributed by atoms with Gasteiger partial charge in [0.1, 0.15) is 11.6 Å². The van der Waals surface area contributed by atoms with Crippen molar-refractivity contribution in [3.05, 3.63) is 29.3 Å². The Morgan fingerprint density at radius 2 is 2.00 bits per heavy atom. The zero-order valence-electron chi connectivity index (χ0n) is 17.2. The number of alkyl carbamates (subject to hydrolysis) is 1. The van der Waals surface area contributed by atoms with Gasteiger partial charge in [-0.1, -0.05) is 12.1 Å². The van der Waals surface area contributed by atoms with Gasteiger partial charge in [-0.15, -0.1) is 0 Å². The molecule has 0 aliphatic carbocycles. The van der Waals surface area contributed by atoms with E-state index in [1.165, 1.54) is 0 Å². The smallest absolute Gasteiger partial charge is 0.407 e. The molecule has 2 atom stereocenters. The number of rotatable bonds is 5. The number of aliphatic hydroxyl groups is 1. The molecule has 2 heterocycles. The van der Waals surface area contributed by atoms with Crippen LogP contribution in [-0.2, 0) is 14.3 Å². The van der Waals surface area contributed by atoms with Crippen molar-refractivity contribution >= 4 is 29.5 Å². The Bertz CT molecular complexity index is 879. The first-order chi connectivity index (χ1) is 14.1. The lowest BCUT2D eigenvalue weighted by atomic mass is 10.0. The molecule has 2 aliphatic heterocycles. The minimum Gasteiger partial charge on any atom is -0.444 e. The summed E-state index contributed by atoms with van der Waals surface area (Å²) in [4.78, 5) is 49.4. The number of imide groups is 1. The molecular weight excluding hydrogens is 392 g/mol. The fourth-order valence-corrected chi connectivity index (χ4v) is 3.50. The van der Waals surface area contributed by atoms with Crippen molar-refractivity contribution in [2.75, 3.05) is 18.4 Å². The topological polar surface area (TPSA) is 137 Å². The van der Waals surface area contributed by atoms with Crippen molar-refractivity contribution in [2.45, 2.75) is 51.5 Å². The molecular formula is C20H26N4O6. The minimum atomic E-state index is -1.28. The number of hydrogen-bond acceptors (Lipinski definition) is 7. The van der Waals surface area contributed by atoms with Crippen molar-refractivity contribution in [2.24, 2.45) is 0 Å². The summed E-state index contributed by atoms with van der Waals surface area (Å²) in [5.74, 6) is -1.48. The van der Waals surface area contributed by atoms with E-state index in [0.717, 1.165) is 4.90 Å². The summed E-state index contributed by atoms with van der Waals surface area (Å²) in [6.45, 7) is 5.87. The number of aliphatic hydroxyl groups excluding tert-OH is 1. The average molecular weight is 418 g/mol. The maximum absolute atomic E-state index is 13.0. The number of fused-ring (bicyclic) bond motifs is 1. The fourth-order valence-electron chi connectivity index (χ4n) is 3.50. The standard InChI is InChI=1S/C20H26N4O6/c1-20(2,3)30-19(29)22-10-9-21-12-6-4-5-11-15(12)18(28)24(17(11)27)13-7-8-14(25)23-16(13)26/h4-6,13,17,21,27H,7-10H2,1-3H3,(H,22,29)(H,23,25,26). The zero-order chi connectivity index (χ0) is 22.1. The first-order valence-corrected chi connectivity index (χ1v) is 9.76. The van der Waals surface area contributed by atoms with Gasteiger partial charge in [-0.3, -0.25) is 24.6 Å². The van der Waals surface area contributed by atoms with Gasteiger partial charge in [0.15, 0.2) is 6.23 Å². The number of nitrogens with one attached hydrogen (secondary N) is 3. The Morgan fingerprint density at radius 1 is 1.27 bits per heavy atom. The summed E-state index contributed by atoms with van der Waals surface area (Å²) in [6.07, 6.45) is -1.56. The van der Waals surface area contributed by atoms with E-state index in [2.05, 4.69) is 16.0 Å². The molecule has 0 bridgehead atoms. The number of nitrogens with zero attached hydrogens (tertiary/aromatic N) is 1. The van der Waals surface area contributed by atoms with Crippen LogP contribution in [0.4, 0.5) is 10.5 Å². The van der Waals surface area contributed by atoms with Gasteiger partial charge in [-0.2, -0.15) is 0 Å². The molecule has 4 amide bonds. The summed E-state index contributed by atoms with van der Waals surface area (Å²) >= 11 is 0. The molecule has 1 saturated heterocycles. The first-order valence-electron chi connectivity index (χ1n) is 9.76. The van der Waals surface area contributed by atoms with E-state index in [9.17, 15) is 24.3 Å². The third-order valence-electron chi connectivity index (χ3n) is 4.74. The third kappa shape index (κ3) is 4.54. The van der Waals surface area contributed by atoms with Crippen LogP contribution in [0.3, 0.4) is 0 Å². The predicted octanol–water partition coefficient (Wildman–Crippen LogP) is 0.875. The van der Waals surface area contributed by atoms with E-state index >= 15 is 0 Å². The van der Waals surface area contributed by atoms with Crippen molar-refractivity contribution < 1.29 is 29.0 Å². The summed E-state index contributed by atoms with van der Waals surface area (Å²) in [6, 6.07) is 4.07. The average Bonchev–Trinajstić information content (AvgIpc) is 2.89. The second kappa shape index (κ2) is 8.31. The second-order valence-corrected chi connectivity index (χ2v) is 8.18. The molecule has 30 heavy (non-hydrogen) atoms. The van der Waals surface area contributed by atoms with Crippen LogP contribution in [0.25, 0.3) is 0 Å². The van der Waals surface area contributed by atoms with Crippen molar-refractivity contribution in [3.8, 4) is 0 Å². The number of anilines is 1.